The lowest BCUT2D eigenvalue weighted by atomic mass is 10.1. The Morgan fingerprint density at radius 3 is 2.50 bits per heavy atom. The molecule has 0 spiro atoms. The van der Waals surface area contributed by atoms with Crippen LogP contribution in [0, 0.1) is 0 Å². The molecule has 102 valence electrons. The van der Waals surface area contributed by atoms with E-state index in [2.05, 4.69) is 0 Å². The molecule has 18 heavy (non-hydrogen) atoms. The molecule has 0 aromatic heterocycles. The first-order chi connectivity index (χ1) is 8.43. The Balaban J connectivity index is 2.26. The fraction of sp³-hybridized carbons (Fsp3) is 0.538. The molecule has 0 fully saturated rings. The lowest BCUT2D eigenvalue weighted by Gasteiger charge is -2.09. The third kappa shape index (κ3) is 4.66. The maximum absolute atomic E-state index is 11.5. The van der Waals surface area contributed by atoms with Gasteiger partial charge in [-0.25, -0.2) is 8.42 Å². The quantitative estimate of drug-likeness (QED) is 0.605. The smallest absolute Gasteiger partial charge is 0.154 e. The molecule has 0 saturated heterocycles. The molecule has 4 nitrogen and oxygen atoms in total. The van der Waals surface area contributed by atoms with E-state index >= 15 is 0 Å². The average Bonchev–Trinajstić information content (AvgIpc) is 2.30. The summed E-state index contributed by atoms with van der Waals surface area (Å²) >= 11 is 0. The zero-order valence-electron chi connectivity index (χ0n) is 10.9. The normalized spacial score (nSPS) is 11.9. The molecule has 1 rings (SSSR count). The van der Waals surface area contributed by atoms with Crippen molar-refractivity contribution in [2.45, 2.75) is 25.5 Å². The fourth-order valence-corrected chi connectivity index (χ4v) is 2.28. The number of rotatable bonds is 7. The number of sulfone groups is 1. The van der Waals surface area contributed by atoms with E-state index in [0.29, 0.717) is 13.0 Å². The van der Waals surface area contributed by atoms with Crippen LogP contribution in [-0.2, 0) is 21.0 Å². The number of benzene rings is 1. The number of ether oxygens (including phenoxy) is 1. The highest BCUT2D eigenvalue weighted by Crippen LogP contribution is 2.11. The second-order valence-electron chi connectivity index (χ2n) is 4.48. The van der Waals surface area contributed by atoms with Crippen molar-refractivity contribution in [3.05, 3.63) is 29.8 Å². The number of para-hydroxylation sites is 1. The van der Waals surface area contributed by atoms with Gasteiger partial charge >= 0.3 is 0 Å². The minimum atomic E-state index is -3.00. The maximum atomic E-state index is 11.5. The molecule has 0 amide bonds. The molecule has 0 radical (unpaired) electrons. The largest absolute Gasteiger partial charge is 0.399 e. The molecule has 0 bridgehead atoms. The summed E-state index contributed by atoms with van der Waals surface area (Å²) in [5.41, 5.74) is 7.57. The van der Waals surface area contributed by atoms with E-state index < -0.39 is 9.84 Å². The van der Waals surface area contributed by atoms with Gasteiger partial charge < -0.3 is 10.5 Å². The lowest BCUT2D eigenvalue weighted by Crippen LogP contribution is -2.21. The number of nitrogens with two attached hydrogens (primary N) is 1. The van der Waals surface area contributed by atoms with Gasteiger partial charge in [0.25, 0.3) is 0 Å². The fourth-order valence-electron chi connectivity index (χ4n) is 1.46. The van der Waals surface area contributed by atoms with Crippen molar-refractivity contribution < 1.29 is 13.2 Å². The predicted molar refractivity (Wildman–Crippen MR) is 74.3 cm³/mol. The first-order valence-corrected chi connectivity index (χ1v) is 7.77. The number of hydrogen-bond acceptors (Lipinski definition) is 4. The summed E-state index contributed by atoms with van der Waals surface area (Å²) in [5.74, 6) is 0.0783. The molecule has 5 heteroatoms. The van der Waals surface area contributed by atoms with E-state index in [1.165, 1.54) is 0 Å². The van der Waals surface area contributed by atoms with Gasteiger partial charge in [0.1, 0.15) is 0 Å². The van der Waals surface area contributed by atoms with Gasteiger partial charge in [-0.2, -0.15) is 0 Å². The molecule has 0 aliphatic rings. The topological polar surface area (TPSA) is 69.4 Å². The van der Waals surface area contributed by atoms with Crippen molar-refractivity contribution in [1.82, 2.24) is 0 Å². The maximum Gasteiger partial charge on any atom is 0.154 e. The second-order valence-corrected chi connectivity index (χ2v) is 7.15. The van der Waals surface area contributed by atoms with E-state index in [4.69, 9.17) is 10.5 Å². The molecule has 0 saturated carbocycles. The van der Waals surface area contributed by atoms with Gasteiger partial charge in [0, 0.05) is 5.69 Å². The zero-order valence-corrected chi connectivity index (χ0v) is 11.7. The molecule has 0 aliphatic carbocycles. The van der Waals surface area contributed by atoms with Crippen LogP contribution in [0.1, 0.15) is 19.4 Å². The van der Waals surface area contributed by atoms with Crippen LogP contribution in [0.5, 0.6) is 0 Å². The summed E-state index contributed by atoms with van der Waals surface area (Å²) in [5, 5.41) is -0.342. The van der Waals surface area contributed by atoms with Crippen LogP contribution in [-0.4, -0.2) is 32.6 Å². The standard InChI is InChI=1S/C13H21NO3S/c1-11(2)18(15,16)10-9-17-8-7-12-5-3-4-6-13(12)14/h3-6,11H,7-10,14H2,1-2H3. The van der Waals surface area contributed by atoms with E-state index in [0.717, 1.165) is 11.3 Å². The molecule has 0 heterocycles. The Hall–Kier alpha value is -1.07. The predicted octanol–water partition coefficient (Wildman–Crippen LogP) is 1.65. The van der Waals surface area contributed by atoms with Gasteiger partial charge in [-0.1, -0.05) is 18.2 Å². The van der Waals surface area contributed by atoms with Gasteiger partial charge in [0.15, 0.2) is 9.84 Å². The molecule has 0 unspecified atom stereocenters. The summed E-state index contributed by atoms with van der Waals surface area (Å²) in [4.78, 5) is 0. The summed E-state index contributed by atoms with van der Waals surface area (Å²) in [6.45, 7) is 4.09. The summed E-state index contributed by atoms with van der Waals surface area (Å²) in [6, 6.07) is 7.60. The highest BCUT2D eigenvalue weighted by Gasteiger charge is 2.15. The van der Waals surface area contributed by atoms with Crippen molar-refractivity contribution in [1.29, 1.82) is 0 Å². The number of nitrogen functional groups attached to an aromatic ring is 1. The van der Waals surface area contributed by atoms with Crippen LogP contribution in [0.4, 0.5) is 5.69 Å². The van der Waals surface area contributed by atoms with Crippen LogP contribution in [0.25, 0.3) is 0 Å². The first-order valence-electron chi connectivity index (χ1n) is 6.06. The van der Waals surface area contributed by atoms with Gasteiger partial charge in [0.2, 0.25) is 0 Å². The monoisotopic (exact) mass is 271 g/mol. The first kappa shape index (κ1) is 15.0. The van der Waals surface area contributed by atoms with Crippen LogP contribution < -0.4 is 5.73 Å². The van der Waals surface area contributed by atoms with E-state index in [1.54, 1.807) is 13.8 Å². The van der Waals surface area contributed by atoms with Crippen LogP contribution in [0.15, 0.2) is 24.3 Å². The Kier molecular flexibility index (Phi) is 5.62. The van der Waals surface area contributed by atoms with Crippen LogP contribution in [0.2, 0.25) is 0 Å². The third-order valence-electron chi connectivity index (χ3n) is 2.80. The van der Waals surface area contributed by atoms with E-state index in [-0.39, 0.29) is 17.6 Å². The number of anilines is 1. The molecule has 1 aromatic carbocycles. The van der Waals surface area contributed by atoms with Crippen molar-refractivity contribution in [2.24, 2.45) is 0 Å². The summed E-state index contributed by atoms with van der Waals surface area (Å²) in [6.07, 6.45) is 0.703. The minimum absolute atomic E-state index is 0.0783. The molecular formula is C13H21NO3S. The Bertz CT molecular complexity index is 469. The van der Waals surface area contributed by atoms with Crippen molar-refractivity contribution in [3.63, 3.8) is 0 Å². The van der Waals surface area contributed by atoms with Gasteiger partial charge in [-0.15, -0.1) is 0 Å². The third-order valence-corrected chi connectivity index (χ3v) is 4.97. The van der Waals surface area contributed by atoms with E-state index in [9.17, 15) is 8.42 Å². The highest BCUT2D eigenvalue weighted by molar-refractivity contribution is 7.91. The highest BCUT2D eigenvalue weighted by atomic mass is 32.2. The Morgan fingerprint density at radius 2 is 1.89 bits per heavy atom. The molecular weight excluding hydrogens is 250 g/mol. The summed E-state index contributed by atoms with van der Waals surface area (Å²) in [7, 11) is -3.00. The SMILES string of the molecule is CC(C)S(=O)(=O)CCOCCc1ccccc1N. The van der Waals surface area contributed by atoms with Gasteiger partial charge in [0.05, 0.1) is 24.2 Å². The lowest BCUT2D eigenvalue weighted by molar-refractivity contribution is 0.152. The summed E-state index contributed by atoms with van der Waals surface area (Å²) < 4.78 is 28.4. The minimum Gasteiger partial charge on any atom is -0.399 e. The number of hydrogen-bond donors (Lipinski definition) is 1. The molecule has 1 aromatic rings. The van der Waals surface area contributed by atoms with Gasteiger partial charge in [-0.05, 0) is 31.9 Å². The second kappa shape index (κ2) is 6.75. The van der Waals surface area contributed by atoms with Crippen LogP contribution in [0.3, 0.4) is 0 Å². The molecule has 0 atom stereocenters. The van der Waals surface area contributed by atoms with Crippen molar-refractivity contribution >= 4 is 15.5 Å². The zero-order chi connectivity index (χ0) is 13.6. The van der Waals surface area contributed by atoms with E-state index in [1.807, 2.05) is 24.3 Å². The molecule has 2 N–H and O–H groups in total. The van der Waals surface area contributed by atoms with Crippen molar-refractivity contribution in [2.75, 3.05) is 24.7 Å². The molecule has 0 aliphatic heterocycles. The van der Waals surface area contributed by atoms with Crippen molar-refractivity contribution in [3.8, 4) is 0 Å². The Labute approximate surface area is 109 Å². The van der Waals surface area contributed by atoms with Gasteiger partial charge in [-0.3, -0.25) is 0 Å². The Morgan fingerprint density at radius 1 is 1.22 bits per heavy atom. The average molecular weight is 271 g/mol. The van der Waals surface area contributed by atoms with Crippen LogP contribution >= 0.6 is 0 Å².